The van der Waals surface area contributed by atoms with Gasteiger partial charge >= 0.3 is 6.18 Å². The highest BCUT2D eigenvalue weighted by atomic mass is 19.4. The minimum absolute atomic E-state index is 0.0630. The minimum Gasteiger partial charge on any atom is -0.392 e. The standard InChI is InChI=1S/C11H14F3NO/c1-15(7-6-11(12,13)14)10-4-2-9(8-16)3-5-10/h2-5,16H,6-8H2,1H3. The molecule has 5 heteroatoms. The number of benzene rings is 1. The van der Waals surface area contributed by atoms with Crippen molar-refractivity contribution in [1.82, 2.24) is 0 Å². The predicted octanol–water partition coefficient (Wildman–Crippen LogP) is 2.57. The van der Waals surface area contributed by atoms with Crippen LogP contribution in [0.3, 0.4) is 0 Å². The summed E-state index contributed by atoms with van der Waals surface area (Å²) < 4.78 is 36.0. The van der Waals surface area contributed by atoms with Gasteiger partial charge in [-0.2, -0.15) is 13.2 Å². The van der Waals surface area contributed by atoms with E-state index in [2.05, 4.69) is 0 Å². The molecule has 0 aliphatic rings. The Bertz CT molecular complexity index is 321. The SMILES string of the molecule is CN(CCC(F)(F)F)c1ccc(CO)cc1. The van der Waals surface area contributed by atoms with Gasteiger partial charge in [0, 0.05) is 19.3 Å². The first-order chi connectivity index (χ1) is 7.42. The molecule has 0 amide bonds. The third-order valence-corrected chi connectivity index (χ3v) is 2.29. The summed E-state index contributed by atoms with van der Waals surface area (Å²) in [6.07, 6.45) is -4.95. The summed E-state index contributed by atoms with van der Waals surface area (Å²) in [4.78, 5) is 1.54. The van der Waals surface area contributed by atoms with Gasteiger partial charge in [0.25, 0.3) is 0 Å². The fourth-order valence-electron chi connectivity index (χ4n) is 1.28. The molecule has 0 spiro atoms. The molecule has 16 heavy (non-hydrogen) atoms. The zero-order chi connectivity index (χ0) is 12.2. The lowest BCUT2D eigenvalue weighted by atomic mass is 10.2. The molecule has 0 radical (unpaired) electrons. The summed E-state index contributed by atoms with van der Waals surface area (Å²) in [7, 11) is 1.61. The van der Waals surface area contributed by atoms with E-state index < -0.39 is 12.6 Å². The van der Waals surface area contributed by atoms with E-state index in [4.69, 9.17) is 5.11 Å². The van der Waals surface area contributed by atoms with Crippen LogP contribution in [0.5, 0.6) is 0 Å². The number of alkyl halides is 3. The van der Waals surface area contributed by atoms with Crippen LogP contribution < -0.4 is 4.90 Å². The van der Waals surface area contributed by atoms with Crippen LogP contribution in [-0.4, -0.2) is 24.9 Å². The molecule has 1 aromatic rings. The van der Waals surface area contributed by atoms with Crippen molar-refractivity contribution in [2.75, 3.05) is 18.5 Å². The molecule has 0 bridgehead atoms. The van der Waals surface area contributed by atoms with E-state index in [1.54, 1.807) is 31.3 Å². The second kappa shape index (κ2) is 5.21. The number of nitrogens with zero attached hydrogens (tertiary/aromatic N) is 1. The molecule has 0 aliphatic heterocycles. The van der Waals surface area contributed by atoms with Gasteiger partial charge in [0.05, 0.1) is 13.0 Å². The fraction of sp³-hybridized carbons (Fsp3) is 0.455. The van der Waals surface area contributed by atoms with Crippen molar-refractivity contribution in [3.63, 3.8) is 0 Å². The number of halogens is 3. The first-order valence-electron chi connectivity index (χ1n) is 4.90. The lowest BCUT2D eigenvalue weighted by Crippen LogP contribution is -2.23. The Balaban J connectivity index is 2.56. The van der Waals surface area contributed by atoms with E-state index in [9.17, 15) is 13.2 Å². The second-order valence-electron chi connectivity index (χ2n) is 3.61. The van der Waals surface area contributed by atoms with E-state index in [1.165, 1.54) is 4.90 Å². The Morgan fingerprint density at radius 2 is 1.75 bits per heavy atom. The van der Waals surface area contributed by atoms with Crippen molar-refractivity contribution < 1.29 is 18.3 Å². The number of aliphatic hydroxyl groups is 1. The fourth-order valence-corrected chi connectivity index (χ4v) is 1.28. The largest absolute Gasteiger partial charge is 0.392 e. The number of aliphatic hydroxyl groups excluding tert-OH is 1. The molecule has 0 unspecified atom stereocenters. The molecular formula is C11H14F3NO. The van der Waals surface area contributed by atoms with Gasteiger partial charge in [0.15, 0.2) is 0 Å². The second-order valence-corrected chi connectivity index (χ2v) is 3.61. The van der Waals surface area contributed by atoms with Crippen LogP contribution in [0.25, 0.3) is 0 Å². The summed E-state index contributed by atoms with van der Waals surface area (Å²) >= 11 is 0. The number of anilines is 1. The molecule has 0 fully saturated rings. The highest BCUT2D eigenvalue weighted by Crippen LogP contribution is 2.21. The molecule has 1 N–H and O–H groups in total. The van der Waals surface area contributed by atoms with Crippen LogP contribution in [0.4, 0.5) is 18.9 Å². The quantitative estimate of drug-likeness (QED) is 0.864. The normalized spacial score (nSPS) is 11.6. The highest BCUT2D eigenvalue weighted by Gasteiger charge is 2.27. The molecular weight excluding hydrogens is 219 g/mol. The smallest absolute Gasteiger partial charge is 0.390 e. The van der Waals surface area contributed by atoms with Crippen LogP contribution in [-0.2, 0) is 6.61 Å². The molecule has 1 aromatic carbocycles. The van der Waals surface area contributed by atoms with E-state index in [1.807, 2.05) is 0 Å². The molecule has 0 aliphatic carbocycles. The van der Waals surface area contributed by atoms with E-state index in [0.717, 1.165) is 5.56 Å². The summed E-state index contributed by atoms with van der Waals surface area (Å²) in [5, 5.41) is 8.81. The third kappa shape index (κ3) is 4.10. The number of rotatable bonds is 4. The minimum atomic E-state index is -4.13. The molecule has 0 saturated carbocycles. The van der Waals surface area contributed by atoms with Crippen molar-refractivity contribution in [2.45, 2.75) is 19.2 Å². The van der Waals surface area contributed by atoms with Crippen molar-refractivity contribution in [3.8, 4) is 0 Å². The Hall–Kier alpha value is -1.23. The zero-order valence-electron chi connectivity index (χ0n) is 8.96. The van der Waals surface area contributed by atoms with Gasteiger partial charge in [-0.25, -0.2) is 0 Å². The van der Waals surface area contributed by atoms with Crippen LogP contribution in [0.1, 0.15) is 12.0 Å². The molecule has 0 aromatic heterocycles. The van der Waals surface area contributed by atoms with Crippen molar-refractivity contribution in [3.05, 3.63) is 29.8 Å². The topological polar surface area (TPSA) is 23.5 Å². The Kier molecular flexibility index (Phi) is 4.18. The first kappa shape index (κ1) is 12.8. The summed E-state index contributed by atoms with van der Waals surface area (Å²) in [5.41, 5.74) is 1.45. The Labute approximate surface area is 92.3 Å². The maximum absolute atomic E-state index is 12.0. The highest BCUT2D eigenvalue weighted by molar-refractivity contribution is 5.46. The number of hydrogen-bond acceptors (Lipinski definition) is 2. The molecule has 90 valence electrons. The predicted molar refractivity (Wildman–Crippen MR) is 56.3 cm³/mol. The van der Waals surface area contributed by atoms with E-state index >= 15 is 0 Å². The van der Waals surface area contributed by atoms with Crippen LogP contribution in [0.2, 0.25) is 0 Å². The van der Waals surface area contributed by atoms with Gasteiger partial charge < -0.3 is 10.0 Å². The first-order valence-corrected chi connectivity index (χ1v) is 4.90. The van der Waals surface area contributed by atoms with Crippen LogP contribution in [0, 0.1) is 0 Å². The van der Waals surface area contributed by atoms with Crippen molar-refractivity contribution in [2.24, 2.45) is 0 Å². The zero-order valence-corrected chi connectivity index (χ0v) is 8.96. The molecule has 2 nitrogen and oxygen atoms in total. The Morgan fingerprint density at radius 3 is 2.19 bits per heavy atom. The average molecular weight is 233 g/mol. The number of hydrogen-bond donors (Lipinski definition) is 1. The van der Waals surface area contributed by atoms with E-state index in [0.29, 0.717) is 5.69 Å². The lowest BCUT2D eigenvalue weighted by Gasteiger charge is -2.20. The van der Waals surface area contributed by atoms with Gasteiger partial charge in [0.1, 0.15) is 0 Å². The monoisotopic (exact) mass is 233 g/mol. The maximum atomic E-state index is 12.0. The van der Waals surface area contributed by atoms with Crippen molar-refractivity contribution >= 4 is 5.69 Å². The van der Waals surface area contributed by atoms with Gasteiger partial charge in [-0.1, -0.05) is 12.1 Å². The molecule has 0 saturated heterocycles. The lowest BCUT2D eigenvalue weighted by molar-refractivity contribution is -0.132. The molecule has 0 heterocycles. The Morgan fingerprint density at radius 1 is 1.19 bits per heavy atom. The molecule has 0 atom stereocenters. The summed E-state index contributed by atoms with van der Waals surface area (Å²) in [6.45, 7) is -0.130. The molecule has 1 rings (SSSR count). The summed E-state index contributed by atoms with van der Waals surface area (Å²) in [6, 6.07) is 6.78. The van der Waals surface area contributed by atoms with Gasteiger partial charge in [-0.05, 0) is 17.7 Å². The van der Waals surface area contributed by atoms with Crippen LogP contribution in [0.15, 0.2) is 24.3 Å². The average Bonchev–Trinajstić information content (AvgIpc) is 2.25. The van der Waals surface area contributed by atoms with E-state index in [-0.39, 0.29) is 13.2 Å². The van der Waals surface area contributed by atoms with Gasteiger partial charge in [-0.15, -0.1) is 0 Å². The van der Waals surface area contributed by atoms with Crippen molar-refractivity contribution in [1.29, 1.82) is 0 Å². The van der Waals surface area contributed by atoms with Crippen LogP contribution >= 0.6 is 0 Å². The maximum Gasteiger partial charge on any atom is 0.390 e. The van der Waals surface area contributed by atoms with Gasteiger partial charge in [0.2, 0.25) is 0 Å². The van der Waals surface area contributed by atoms with Gasteiger partial charge in [-0.3, -0.25) is 0 Å². The third-order valence-electron chi connectivity index (χ3n) is 2.29. The summed E-state index contributed by atoms with van der Waals surface area (Å²) in [5.74, 6) is 0.